The van der Waals surface area contributed by atoms with Gasteiger partial charge in [0.25, 0.3) is 5.91 Å². The quantitative estimate of drug-likeness (QED) is 0.291. The third-order valence-corrected chi connectivity index (χ3v) is 7.11. The molecule has 4 aromatic rings. The number of imide groups is 1. The molecule has 170 valence electrons. The molecule has 1 saturated heterocycles. The van der Waals surface area contributed by atoms with Gasteiger partial charge in [0.2, 0.25) is 0 Å². The van der Waals surface area contributed by atoms with Gasteiger partial charge in [0.05, 0.1) is 17.8 Å². The first-order valence-electron chi connectivity index (χ1n) is 10.9. The molecule has 1 N–H and O–H groups in total. The minimum atomic E-state index is -1.27. The molecule has 1 aromatic heterocycles. The monoisotopic (exact) mass is 515 g/mol. The van der Waals surface area contributed by atoms with E-state index in [-0.39, 0.29) is 12.3 Å². The van der Waals surface area contributed by atoms with E-state index in [2.05, 4.69) is 21.2 Å². The number of urea groups is 1. The first-order valence-corrected chi connectivity index (χ1v) is 11.7. The lowest BCUT2D eigenvalue weighted by Crippen LogP contribution is -2.41. The highest BCUT2D eigenvalue weighted by molar-refractivity contribution is 9.10. The number of ketones is 1. The average molecular weight is 516 g/mol. The molecule has 7 heteroatoms. The lowest BCUT2D eigenvalue weighted by molar-refractivity contribution is -0.130. The summed E-state index contributed by atoms with van der Waals surface area (Å²) in [6, 6.07) is 24.0. The Morgan fingerprint density at radius 1 is 0.941 bits per heavy atom. The van der Waals surface area contributed by atoms with E-state index in [9.17, 15) is 14.4 Å². The summed E-state index contributed by atoms with van der Waals surface area (Å²) in [5, 5.41) is 3.57. The predicted octanol–water partition coefficient (Wildman–Crippen LogP) is 5.26. The van der Waals surface area contributed by atoms with Gasteiger partial charge in [-0.1, -0.05) is 82.7 Å². The van der Waals surface area contributed by atoms with Crippen LogP contribution in [0.4, 0.5) is 4.79 Å². The zero-order valence-corrected chi connectivity index (χ0v) is 20.3. The predicted molar refractivity (Wildman–Crippen MR) is 134 cm³/mol. The number of aromatic nitrogens is 1. The molecule has 5 rings (SSSR count). The molecule has 1 unspecified atom stereocenters. The average Bonchev–Trinajstić information content (AvgIpc) is 3.26. The Labute approximate surface area is 205 Å². The molecular formula is C27H22BrN3O3. The zero-order chi connectivity index (χ0) is 24.0. The highest BCUT2D eigenvalue weighted by Crippen LogP contribution is 2.36. The molecule has 0 aliphatic carbocycles. The SMILES string of the molecule is Cn1c(-c2ccccc2)c(C(=O)CN2C(=O)NC(C)(c3ccccc3Br)C2=O)c2ccccc21. The number of nitrogens with zero attached hydrogens (tertiary/aromatic N) is 2. The van der Waals surface area contributed by atoms with E-state index < -0.39 is 17.5 Å². The molecule has 6 nitrogen and oxygen atoms in total. The van der Waals surface area contributed by atoms with Crippen LogP contribution in [0.1, 0.15) is 22.8 Å². The lowest BCUT2D eigenvalue weighted by atomic mass is 9.92. The van der Waals surface area contributed by atoms with Crippen molar-refractivity contribution in [2.24, 2.45) is 7.05 Å². The standard InChI is InChI=1S/C27H22BrN3O3/c1-27(19-13-7-8-14-20(19)28)25(33)31(26(34)29-27)16-22(32)23-18-12-6-9-15-21(18)30(2)24(23)17-10-4-3-5-11-17/h3-15H,16H2,1-2H3,(H,29,34). The molecule has 0 spiro atoms. The van der Waals surface area contributed by atoms with Crippen molar-refractivity contribution in [1.29, 1.82) is 0 Å². The Morgan fingerprint density at radius 3 is 2.32 bits per heavy atom. The molecule has 0 bridgehead atoms. The van der Waals surface area contributed by atoms with Crippen LogP contribution in [-0.2, 0) is 17.4 Å². The van der Waals surface area contributed by atoms with Crippen LogP contribution in [0.25, 0.3) is 22.2 Å². The zero-order valence-electron chi connectivity index (χ0n) is 18.7. The van der Waals surface area contributed by atoms with E-state index in [1.165, 1.54) is 0 Å². The smallest absolute Gasteiger partial charge is 0.325 e. The molecule has 3 amide bonds. The summed E-state index contributed by atoms with van der Waals surface area (Å²) >= 11 is 3.47. The number of halogens is 1. The fraction of sp³-hybridized carbons (Fsp3) is 0.148. The van der Waals surface area contributed by atoms with Crippen LogP contribution in [0.5, 0.6) is 0 Å². The first kappa shape index (κ1) is 22.1. The van der Waals surface area contributed by atoms with E-state index in [0.29, 0.717) is 15.6 Å². The number of Topliss-reactive ketones (excluding diaryl/α,β-unsaturated/α-hetero) is 1. The fourth-order valence-electron chi connectivity index (χ4n) is 4.72. The van der Waals surface area contributed by atoms with Gasteiger partial charge >= 0.3 is 6.03 Å². The van der Waals surface area contributed by atoms with Crippen LogP contribution in [-0.4, -0.2) is 33.7 Å². The van der Waals surface area contributed by atoms with Gasteiger partial charge in [0.1, 0.15) is 5.54 Å². The van der Waals surface area contributed by atoms with Gasteiger partial charge in [-0.05, 0) is 24.6 Å². The van der Waals surface area contributed by atoms with Gasteiger partial charge in [-0.15, -0.1) is 0 Å². The van der Waals surface area contributed by atoms with Crippen molar-refractivity contribution >= 4 is 44.6 Å². The van der Waals surface area contributed by atoms with E-state index in [1.54, 1.807) is 19.1 Å². The lowest BCUT2D eigenvalue weighted by Gasteiger charge is -2.23. The van der Waals surface area contributed by atoms with Crippen molar-refractivity contribution < 1.29 is 14.4 Å². The first-order chi connectivity index (χ1) is 16.3. The molecular weight excluding hydrogens is 494 g/mol. The van der Waals surface area contributed by atoms with Crippen LogP contribution in [0, 0.1) is 0 Å². The topological polar surface area (TPSA) is 71.4 Å². The number of carbonyl (C=O) groups is 3. The van der Waals surface area contributed by atoms with Gasteiger partial charge in [-0.2, -0.15) is 0 Å². The van der Waals surface area contributed by atoms with Crippen LogP contribution in [0.15, 0.2) is 83.3 Å². The maximum absolute atomic E-state index is 13.7. The molecule has 0 radical (unpaired) electrons. The van der Waals surface area contributed by atoms with Gasteiger partial charge in [0.15, 0.2) is 5.78 Å². The molecule has 3 aromatic carbocycles. The van der Waals surface area contributed by atoms with Crippen molar-refractivity contribution in [3.05, 3.63) is 94.5 Å². The summed E-state index contributed by atoms with van der Waals surface area (Å²) in [5.74, 6) is -0.755. The minimum Gasteiger partial charge on any atom is -0.343 e. The highest BCUT2D eigenvalue weighted by Gasteiger charge is 2.50. The molecule has 0 saturated carbocycles. The number of amides is 3. The van der Waals surface area contributed by atoms with Crippen molar-refractivity contribution in [1.82, 2.24) is 14.8 Å². The number of nitrogens with one attached hydrogen (secondary N) is 1. The van der Waals surface area contributed by atoms with Crippen molar-refractivity contribution in [3.8, 4) is 11.3 Å². The van der Waals surface area contributed by atoms with Gasteiger partial charge in [-0.3, -0.25) is 14.5 Å². The van der Waals surface area contributed by atoms with E-state index in [0.717, 1.165) is 27.1 Å². The summed E-state index contributed by atoms with van der Waals surface area (Å²) in [5.41, 5.74) is 2.42. The van der Waals surface area contributed by atoms with Crippen LogP contribution in [0.2, 0.25) is 0 Å². The number of fused-ring (bicyclic) bond motifs is 1. The summed E-state index contributed by atoms with van der Waals surface area (Å²) in [6.07, 6.45) is 0. The van der Waals surface area contributed by atoms with Crippen LogP contribution in [0.3, 0.4) is 0 Å². The summed E-state index contributed by atoms with van der Waals surface area (Å²) in [7, 11) is 1.92. The van der Waals surface area contributed by atoms with E-state index >= 15 is 0 Å². The Hall–Kier alpha value is -3.71. The molecule has 1 fully saturated rings. The second-order valence-corrected chi connectivity index (χ2v) is 9.37. The molecule has 1 atom stereocenters. The normalized spacial score (nSPS) is 17.9. The van der Waals surface area contributed by atoms with Gasteiger partial charge < -0.3 is 9.88 Å². The van der Waals surface area contributed by atoms with Crippen molar-refractivity contribution in [2.75, 3.05) is 6.54 Å². The minimum absolute atomic E-state index is 0.296. The fourth-order valence-corrected chi connectivity index (χ4v) is 5.40. The van der Waals surface area contributed by atoms with Gasteiger partial charge in [0, 0.05) is 28.0 Å². The third kappa shape index (κ3) is 3.35. The Morgan fingerprint density at radius 2 is 1.59 bits per heavy atom. The summed E-state index contributed by atoms with van der Waals surface area (Å²) < 4.78 is 2.69. The summed E-state index contributed by atoms with van der Waals surface area (Å²) in [4.78, 5) is 41.1. The Balaban J connectivity index is 1.56. The number of rotatable bonds is 5. The molecule has 1 aliphatic rings. The number of para-hydroxylation sites is 1. The number of hydrogen-bond donors (Lipinski definition) is 1. The Kier molecular flexibility index (Phi) is 5.37. The third-order valence-electron chi connectivity index (χ3n) is 6.42. The summed E-state index contributed by atoms with van der Waals surface area (Å²) in [6.45, 7) is 1.31. The number of benzene rings is 3. The van der Waals surface area contributed by atoms with Crippen LogP contribution >= 0.6 is 15.9 Å². The number of hydrogen-bond acceptors (Lipinski definition) is 3. The molecule has 1 aliphatic heterocycles. The highest BCUT2D eigenvalue weighted by atomic mass is 79.9. The van der Waals surface area contributed by atoms with E-state index in [4.69, 9.17) is 0 Å². The second kappa shape index (κ2) is 8.25. The Bertz CT molecular complexity index is 1460. The van der Waals surface area contributed by atoms with Crippen molar-refractivity contribution in [2.45, 2.75) is 12.5 Å². The second-order valence-electron chi connectivity index (χ2n) is 8.52. The van der Waals surface area contributed by atoms with Crippen molar-refractivity contribution in [3.63, 3.8) is 0 Å². The maximum atomic E-state index is 13.7. The van der Waals surface area contributed by atoms with Crippen LogP contribution < -0.4 is 5.32 Å². The number of carbonyl (C=O) groups excluding carboxylic acids is 3. The van der Waals surface area contributed by atoms with Gasteiger partial charge in [-0.25, -0.2) is 4.79 Å². The largest absolute Gasteiger partial charge is 0.343 e. The van der Waals surface area contributed by atoms with E-state index in [1.807, 2.05) is 78.3 Å². The maximum Gasteiger partial charge on any atom is 0.325 e. The molecule has 2 heterocycles. The molecule has 34 heavy (non-hydrogen) atoms. The number of aryl methyl sites for hydroxylation is 1.